The number of rotatable bonds is 3. The van der Waals surface area contributed by atoms with Crippen LogP contribution in [-0.4, -0.2) is 10.1 Å². The van der Waals surface area contributed by atoms with E-state index in [0.29, 0.717) is 23.2 Å². The van der Waals surface area contributed by atoms with Gasteiger partial charge in [-0.3, -0.25) is 0 Å². The summed E-state index contributed by atoms with van der Waals surface area (Å²) in [4.78, 5) is 4.22. The SMILES string of the molecule is CC(C#N)Cc1nc(-c2cccc(Cl)c2)no1. The third-order valence-corrected chi connectivity index (χ3v) is 2.49. The molecule has 1 unspecified atom stereocenters. The Labute approximate surface area is 104 Å². The fourth-order valence-electron chi connectivity index (χ4n) is 1.39. The maximum Gasteiger partial charge on any atom is 0.228 e. The third-order valence-electron chi connectivity index (χ3n) is 2.25. The van der Waals surface area contributed by atoms with Gasteiger partial charge in [0.2, 0.25) is 11.7 Å². The first-order valence-corrected chi connectivity index (χ1v) is 5.55. The molecule has 0 aliphatic rings. The quantitative estimate of drug-likeness (QED) is 0.836. The van der Waals surface area contributed by atoms with Crippen LogP contribution in [0.4, 0.5) is 0 Å². The molecule has 0 radical (unpaired) electrons. The van der Waals surface area contributed by atoms with Crippen LogP contribution in [0.25, 0.3) is 11.4 Å². The van der Waals surface area contributed by atoms with E-state index < -0.39 is 0 Å². The lowest BCUT2D eigenvalue weighted by Crippen LogP contribution is -1.96. The Morgan fingerprint density at radius 2 is 2.35 bits per heavy atom. The minimum atomic E-state index is -0.136. The molecule has 0 N–H and O–H groups in total. The molecule has 1 aromatic carbocycles. The predicted molar refractivity (Wildman–Crippen MR) is 63.2 cm³/mol. The Morgan fingerprint density at radius 3 is 3.06 bits per heavy atom. The molecule has 1 heterocycles. The van der Waals surface area contributed by atoms with Crippen molar-refractivity contribution < 1.29 is 4.52 Å². The number of halogens is 1. The van der Waals surface area contributed by atoms with E-state index in [9.17, 15) is 0 Å². The van der Waals surface area contributed by atoms with Crippen LogP contribution in [0.5, 0.6) is 0 Å². The van der Waals surface area contributed by atoms with Gasteiger partial charge < -0.3 is 4.52 Å². The van der Waals surface area contributed by atoms with Crippen LogP contribution in [0.2, 0.25) is 5.02 Å². The van der Waals surface area contributed by atoms with Crippen LogP contribution in [0.1, 0.15) is 12.8 Å². The summed E-state index contributed by atoms with van der Waals surface area (Å²) in [5, 5.41) is 13.2. The largest absolute Gasteiger partial charge is 0.339 e. The molecule has 0 saturated heterocycles. The van der Waals surface area contributed by atoms with Crippen molar-refractivity contribution in [2.45, 2.75) is 13.3 Å². The molecule has 0 aliphatic heterocycles. The molecule has 0 amide bonds. The van der Waals surface area contributed by atoms with Crippen molar-refractivity contribution in [3.8, 4) is 17.5 Å². The van der Waals surface area contributed by atoms with Crippen LogP contribution < -0.4 is 0 Å². The van der Waals surface area contributed by atoms with Crippen LogP contribution in [-0.2, 0) is 6.42 Å². The number of nitrogens with zero attached hydrogens (tertiary/aromatic N) is 3. The van der Waals surface area contributed by atoms with Gasteiger partial charge in [-0.05, 0) is 19.1 Å². The maximum absolute atomic E-state index is 8.70. The Hall–Kier alpha value is -1.86. The highest BCUT2D eigenvalue weighted by atomic mass is 35.5. The van der Waals surface area contributed by atoms with Crippen molar-refractivity contribution in [3.63, 3.8) is 0 Å². The second-order valence-electron chi connectivity index (χ2n) is 3.76. The number of hydrogen-bond acceptors (Lipinski definition) is 4. The van der Waals surface area contributed by atoms with Gasteiger partial charge in [0.15, 0.2) is 0 Å². The summed E-state index contributed by atoms with van der Waals surface area (Å²) in [6.07, 6.45) is 0.462. The fraction of sp³-hybridized carbons (Fsp3) is 0.250. The molecule has 1 aromatic heterocycles. The number of hydrogen-bond donors (Lipinski definition) is 0. The molecule has 2 rings (SSSR count). The van der Waals surface area contributed by atoms with Gasteiger partial charge in [-0.2, -0.15) is 10.2 Å². The third kappa shape index (κ3) is 2.83. The minimum absolute atomic E-state index is 0.136. The lowest BCUT2D eigenvalue weighted by molar-refractivity contribution is 0.369. The summed E-state index contributed by atoms with van der Waals surface area (Å²) in [5.41, 5.74) is 0.803. The minimum Gasteiger partial charge on any atom is -0.339 e. The lowest BCUT2D eigenvalue weighted by Gasteiger charge is -1.95. The highest BCUT2D eigenvalue weighted by Crippen LogP contribution is 2.20. The van der Waals surface area contributed by atoms with Crippen molar-refractivity contribution in [1.82, 2.24) is 10.1 Å². The summed E-state index contributed by atoms with van der Waals surface area (Å²) in [6.45, 7) is 1.81. The van der Waals surface area contributed by atoms with Gasteiger partial charge in [-0.15, -0.1) is 0 Å². The summed E-state index contributed by atoms with van der Waals surface area (Å²) < 4.78 is 5.08. The monoisotopic (exact) mass is 247 g/mol. The molecule has 0 bridgehead atoms. The summed E-state index contributed by atoms with van der Waals surface area (Å²) in [5.74, 6) is 0.823. The second-order valence-corrected chi connectivity index (χ2v) is 4.19. The first kappa shape index (κ1) is 11.6. The van der Waals surface area contributed by atoms with E-state index in [-0.39, 0.29) is 5.92 Å². The topological polar surface area (TPSA) is 62.7 Å². The average molecular weight is 248 g/mol. The normalized spacial score (nSPS) is 12.1. The number of benzene rings is 1. The highest BCUT2D eigenvalue weighted by Gasteiger charge is 2.11. The van der Waals surface area contributed by atoms with Gasteiger partial charge >= 0.3 is 0 Å². The van der Waals surface area contributed by atoms with Crippen LogP contribution >= 0.6 is 11.6 Å². The van der Waals surface area contributed by atoms with E-state index in [1.54, 1.807) is 12.1 Å². The maximum atomic E-state index is 8.70. The first-order chi connectivity index (χ1) is 8.19. The Kier molecular flexibility index (Phi) is 3.40. The smallest absolute Gasteiger partial charge is 0.228 e. The molecule has 17 heavy (non-hydrogen) atoms. The van der Waals surface area contributed by atoms with Crippen LogP contribution in [0, 0.1) is 17.2 Å². The van der Waals surface area contributed by atoms with Crippen LogP contribution in [0.3, 0.4) is 0 Å². The Morgan fingerprint density at radius 1 is 1.53 bits per heavy atom. The Bertz CT molecular complexity index is 559. The molecule has 0 spiro atoms. The van der Waals surface area contributed by atoms with Crippen molar-refractivity contribution in [2.24, 2.45) is 5.92 Å². The fourth-order valence-corrected chi connectivity index (χ4v) is 1.58. The van der Waals surface area contributed by atoms with E-state index in [1.165, 1.54) is 0 Å². The van der Waals surface area contributed by atoms with Crippen molar-refractivity contribution in [3.05, 3.63) is 35.2 Å². The summed E-state index contributed by atoms with van der Waals surface area (Å²) in [7, 11) is 0. The van der Waals surface area contributed by atoms with Crippen molar-refractivity contribution in [2.75, 3.05) is 0 Å². The van der Waals surface area contributed by atoms with E-state index >= 15 is 0 Å². The molecule has 4 nitrogen and oxygen atoms in total. The van der Waals surface area contributed by atoms with E-state index in [4.69, 9.17) is 21.4 Å². The number of nitriles is 1. The Balaban J connectivity index is 2.21. The van der Waals surface area contributed by atoms with Crippen molar-refractivity contribution in [1.29, 1.82) is 5.26 Å². The molecule has 0 fully saturated rings. The predicted octanol–water partition coefficient (Wildman–Crippen LogP) is 3.09. The zero-order valence-corrected chi connectivity index (χ0v) is 9.98. The standard InChI is InChI=1S/C12H10ClN3O/c1-8(7-14)5-11-15-12(16-17-11)9-3-2-4-10(13)6-9/h2-4,6,8H,5H2,1H3. The zero-order chi connectivity index (χ0) is 12.3. The van der Waals surface area contributed by atoms with E-state index in [1.807, 2.05) is 19.1 Å². The molecule has 0 aliphatic carbocycles. The van der Waals surface area contributed by atoms with Gasteiger partial charge in [-0.1, -0.05) is 28.9 Å². The van der Waals surface area contributed by atoms with Crippen LogP contribution in [0.15, 0.2) is 28.8 Å². The van der Waals surface area contributed by atoms with Gasteiger partial charge in [0, 0.05) is 17.0 Å². The summed E-state index contributed by atoms with van der Waals surface area (Å²) in [6, 6.07) is 9.35. The molecule has 0 saturated carbocycles. The van der Waals surface area contributed by atoms with Gasteiger partial charge in [0.05, 0.1) is 12.0 Å². The lowest BCUT2D eigenvalue weighted by atomic mass is 10.1. The first-order valence-electron chi connectivity index (χ1n) is 5.17. The van der Waals surface area contributed by atoms with Crippen molar-refractivity contribution >= 4 is 11.6 Å². The average Bonchev–Trinajstić information content (AvgIpc) is 2.77. The molecule has 2 aromatic rings. The number of aromatic nitrogens is 2. The molecule has 1 atom stereocenters. The summed E-state index contributed by atoms with van der Waals surface area (Å²) >= 11 is 5.88. The van der Waals surface area contributed by atoms with E-state index in [0.717, 1.165) is 5.56 Å². The van der Waals surface area contributed by atoms with Gasteiger partial charge in [-0.25, -0.2) is 0 Å². The molecular weight excluding hydrogens is 238 g/mol. The zero-order valence-electron chi connectivity index (χ0n) is 9.22. The molecular formula is C12H10ClN3O. The van der Waals surface area contributed by atoms with Gasteiger partial charge in [0.25, 0.3) is 0 Å². The van der Waals surface area contributed by atoms with Gasteiger partial charge in [0.1, 0.15) is 0 Å². The van der Waals surface area contributed by atoms with E-state index in [2.05, 4.69) is 16.2 Å². The molecule has 5 heteroatoms. The highest BCUT2D eigenvalue weighted by molar-refractivity contribution is 6.30. The second kappa shape index (κ2) is 4.98. The molecule has 86 valence electrons.